The standard InChI is InChI=1S/C14H10BrF3N2O/c15-9-2-1-8(16)5-7(9)6-20-14(21)12-10(17)3-4-11(19)13(12)18/h1-5H,6,19H2,(H,20,21). The molecule has 2 aromatic carbocycles. The molecule has 0 bridgehead atoms. The minimum absolute atomic E-state index is 0.0924. The predicted molar refractivity (Wildman–Crippen MR) is 76.0 cm³/mol. The molecule has 0 aromatic heterocycles. The molecule has 3 nitrogen and oxygen atoms in total. The first kappa shape index (κ1) is 15.4. The number of halogens is 4. The normalized spacial score (nSPS) is 10.5. The van der Waals surface area contributed by atoms with Crippen molar-refractivity contribution in [3.05, 3.63) is 63.4 Å². The smallest absolute Gasteiger partial charge is 0.257 e. The van der Waals surface area contributed by atoms with Crippen molar-refractivity contribution in [1.82, 2.24) is 5.32 Å². The molecule has 3 N–H and O–H groups in total. The summed E-state index contributed by atoms with van der Waals surface area (Å²) in [6.45, 7) is -0.0924. The molecular weight excluding hydrogens is 349 g/mol. The molecule has 1 amide bonds. The van der Waals surface area contributed by atoms with Crippen molar-refractivity contribution in [3.63, 3.8) is 0 Å². The van der Waals surface area contributed by atoms with Crippen LogP contribution in [0.2, 0.25) is 0 Å². The average Bonchev–Trinajstić information content (AvgIpc) is 2.44. The molecule has 0 unspecified atom stereocenters. The van der Waals surface area contributed by atoms with Crippen LogP contribution >= 0.6 is 15.9 Å². The van der Waals surface area contributed by atoms with Crippen LogP contribution in [-0.2, 0) is 6.54 Å². The van der Waals surface area contributed by atoms with Crippen LogP contribution in [0.5, 0.6) is 0 Å². The SMILES string of the molecule is Nc1ccc(F)c(C(=O)NCc2cc(F)ccc2Br)c1F. The Morgan fingerprint density at radius 3 is 2.62 bits per heavy atom. The summed E-state index contributed by atoms with van der Waals surface area (Å²) >= 11 is 3.19. The van der Waals surface area contributed by atoms with Gasteiger partial charge in [-0.15, -0.1) is 0 Å². The fourth-order valence-corrected chi connectivity index (χ4v) is 2.11. The number of nitrogen functional groups attached to an aromatic ring is 1. The zero-order valence-electron chi connectivity index (χ0n) is 10.6. The van der Waals surface area contributed by atoms with Gasteiger partial charge < -0.3 is 11.1 Å². The molecule has 110 valence electrons. The van der Waals surface area contributed by atoms with Crippen LogP contribution in [0.1, 0.15) is 15.9 Å². The fourth-order valence-electron chi connectivity index (χ4n) is 1.72. The van der Waals surface area contributed by atoms with Crippen LogP contribution in [0.4, 0.5) is 18.9 Å². The third-order valence-electron chi connectivity index (χ3n) is 2.80. The molecule has 0 radical (unpaired) electrons. The summed E-state index contributed by atoms with van der Waals surface area (Å²) in [6.07, 6.45) is 0. The molecule has 0 aliphatic rings. The van der Waals surface area contributed by atoms with Gasteiger partial charge in [-0.3, -0.25) is 4.79 Å². The second-order valence-corrected chi connectivity index (χ2v) is 5.10. The van der Waals surface area contributed by atoms with Crippen molar-refractivity contribution in [2.24, 2.45) is 0 Å². The number of rotatable bonds is 3. The van der Waals surface area contributed by atoms with E-state index in [4.69, 9.17) is 5.73 Å². The maximum Gasteiger partial charge on any atom is 0.257 e. The van der Waals surface area contributed by atoms with Gasteiger partial charge >= 0.3 is 0 Å². The third kappa shape index (κ3) is 3.36. The summed E-state index contributed by atoms with van der Waals surface area (Å²) in [6, 6.07) is 5.86. The van der Waals surface area contributed by atoms with Gasteiger partial charge in [-0.25, -0.2) is 13.2 Å². The first-order chi connectivity index (χ1) is 9.90. The lowest BCUT2D eigenvalue weighted by Gasteiger charge is -2.09. The van der Waals surface area contributed by atoms with Crippen molar-refractivity contribution in [2.45, 2.75) is 6.54 Å². The summed E-state index contributed by atoms with van der Waals surface area (Å²) in [7, 11) is 0. The maximum absolute atomic E-state index is 13.7. The Morgan fingerprint density at radius 1 is 1.19 bits per heavy atom. The van der Waals surface area contributed by atoms with Gasteiger partial charge in [0.1, 0.15) is 17.2 Å². The molecule has 0 heterocycles. The molecule has 0 saturated carbocycles. The van der Waals surface area contributed by atoms with Gasteiger partial charge in [0.25, 0.3) is 5.91 Å². The Bertz CT molecular complexity index is 707. The van der Waals surface area contributed by atoms with Crippen molar-refractivity contribution < 1.29 is 18.0 Å². The van der Waals surface area contributed by atoms with Crippen LogP contribution in [0.25, 0.3) is 0 Å². The zero-order chi connectivity index (χ0) is 15.6. The average molecular weight is 359 g/mol. The second-order valence-electron chi connectivity index (χ2n) is 4.24. The second kappa shape index (κ2) is 6.17. The van der Waals surface area contributed by atoms with E-state index in [1.54, 1.807) is 0 Å². The molecule has 0 saturated heterocycles. The number of hydrogen-bond acceptors (Lipinski definition) is 2. The lowest BCUT2D eigenvalue weighted by molar-refractivity contribution is 0.0942. The number of anilines is 1. The summed E-state index contributed by atoms with van der Waals surface area (Å²) in [4.78, 5) is 11.9. The summed E-state index contributed by atoms with van der Waals surface area (Å²) in [5, 5.41) is 2.32. The monoisotopic (exact) mass is 358 g/mol. The highest BCUT2D eigenvalue weighted by Gasteiger charge is 2.19. The van der Waals surface area contributed by atoms with Gasteiger partial charge in [0.15, 0.2) is 5.82 Å². The number of carbonyl (C=O) groups is 1. The van der Waals surface area contributed by atoms with Crippen LogP contribution in [0, 0.1) is 17.5 Å². The number of amides is 1. The molecule has 2 rings (SSSR count). The maximum atomic E-state index is 13.7. The third-order valence-corrected chi connectivity index (χ3v) is 3.57. The highest BCUT2D eigenvalue weighted by atomic mass is 79.9. The molecular formula is C14H10BrF3N2O. The summed E-state index contributed by atoms with van der Waals surface area (Å²) in [5.41, 5.74) is 4.65. The lowest BCUT2D eigenvalue weighted by Crippen LogP contribution is -2.25. The van der Waals surface area contributed by atoms with Gasteiger partial charge in [0.05, 0.1) is 5.69 Å². The molecule has 7 heteroatoms. The molecule has 21 heavy (non-hydrogen) atoms. The number of hydrogen-bond donors (Lipinski definition) is 2. The van der Waals surface area contributed by atoms with Gasteiger partial charge in [0, 0.05) is 11.0 Å². The number of carbonyl (C=O) groups excluding carboxylic acids is 1. The predicted octanol–water partition coefficient (Wildman–Crippen LogP) is 3.38. The van der Waals surface area contributed by atoms with Gasteiger partial charge in [-0.2, -0.15) is 0 Å². The first-order valence-electron chi connectivity index (χ1n) is 5.85. The van der Waals surface area contributed by atoms with E-state index in [1.165, 1.54) is 18.2 Å². The topological polar surface area (TPSA) is 55.1 Å². The van der Waals surface area contributed by atoms with Crippen LogP contribution in [-0.4, -0.2) is 5.91 Å². The number of nitrogens with one attached hydrogen (secondary N) is 1. The van der Waals surface area contributed by atoms with Crippen molar-refractivity contribution in [2.75, 3.05) is 5.73 Å². The number of benzene rings is 2. The zero-order valence-corrected chi connectivity index (χ0v) is 12.2. The highest BCUT2D eigenvalue weighted by molar-refractivity contribution is 9.10. The van der Waals surface area contributed by atoms with E-state index in [0.29, 0.717) is 10.0 Å². The minimum Gasteiger partial charge on any atom is -0.396 e. The Kier molecular flexibility index (Phi) is 4.52. The van der Waals surface area contributed by atoms with E-state index in [2.05, 4.69) is 21.2 Å². The fraction of sp³-hybridized carbons (Fsp3) is 0.0714. The Balaban J connectivity index is 2.20. The lowest BCUT2D eigenvalue weighted by atomic mass is 10.1. The van der Waals surface area contributed by atoms with Gasteiger partial charge in [-0.05, 0) is 35.9 Å². The quantitative estimate of drug-likeness (QED) is 0.826. The van der Waals surface area contributed by atoms with E-state index < -0.39 is 28.9 Å². The van der Waals surface area contributed by atoms with Crippen molar-refractivity contribution in [1.29, 1.82) is 0 Å². The molecule has 0 aliphatic heterocycles. The molecule has 0 atom stereocenters. The van der Waals surface area contributed by atoms with Crippen molar-refractivity contribution in [3.8, 4) is 0 Å². The molecule has 2 aromatic rings. The van der Waals surface area contributed by atoms with E-state index in [0.717, 1.165) is 12.1 Å². The van der Waals surface area contributed by atoms with Crippen LogP contribution in [0.15, 0.2) is 34.8 Å². The number of nitrogens with two attached hydrogens (primary N) is 1. The first-order valence-corrected chi connectivity index (χ1v) is 6.65. The van der Waals surface area contributed by atoms with Gasteiger partial charge in [0.2, 0.25) is 0 Å². The Labute approximate surface area is 127 Å². The minimum atomic E-state index is -1.12. The van der Waals surface area contributed by atoms with Gasteiger partial charge in [-0.1, -0.05) is 15.9 Å². The van der Waals surface area contributed by atoms with E-state index in [1.807, 2.05) is 0 Å². The highest BCUT2D eigenvalue weighted by Crippen LogP contribution is 2.20. The Morgan fingerprint density at radius 2 is 1.90 bits per heavy atom. The van der Waals surface area contributed by atoms with Crippen molar-refractivity contribution >= 4 is 27.5 Å². The molecule has 0 spiro atoms. The van der Waals surface area contributed by atoms with Crippen LogP contribution in [0.3, 0.4) is 0 Å². The summed E-state index contributed by atoms with van der Waals surface area (Å²) in [5.74, 6) is -3.58. The van der Waals surface area contributed by atoms with E-state index >= 15 is 0 Å². The largest absolute Gasteiger partial charge is 0.396 e. The van der Waals surface area contributed by atoms with E-state index in [9.17, 15) is 18.0 Å². The molecule has 0 fully saturated rings. The Hall–Kier alpha value is -2.02. The molecule has 0 aliphatic carbocycles. The van der Waals surface area contributed by atoms with Crippen LogP contribution < -0.4 is 11.1 Å². The summed E-state index contributed by atoms with van der Waals surface area (Å²) < 4.78 is 40.9. The van der Waals surface area contributed by atoms with E-state index in [-0.39, 0.29) is 12.2 Å².